The Hall–Kier alpha value is -0.950. The Balaban J connectivity index is 1.79. The number of ether oxygens (including phenoxy) is 2. The molecule has 2 heterocycles. The molecule has 0 amide bonds. The Morgan fingerprint density at radius 3 is 3.00 bits per heavy atom. The van der Waals surface area contributed by atoms with Crippen LogP contribution in [0.4, 0.5) is 0 Å². The molecule has 106 valence electrons. The molecule has 5 nitrogen and oxygen atoms in total. The number of hydrogen-bond acceptors (Lipinski definition) is 5. The average molecular weight is 285 g/mol. The van der Waals surface area contributed by atoms with Crippen LogP contribution in [0.3, 0.4) is 0 Å². The molecule has 1 aliphatic heterocycles. The van der Waals surface area contributed by atoms with Gasteiger partial charge in [-0.3, -0.25) is 4.79 Å². The van der Waals surface area contributed by atoms with Crippen LogP contribution in [0, 0.1) is 0 Å². The molecule has 1 unspecified atom stereocenters. The lowest BCUT2D eigenvalue weighted by atomic mass is 10.0. The van der Waals surface area contributed by atoms with E-state index in [1.807, 2.05) is 12.1 Å². The van der Waals surface area contributed by atoms with Crippen LogP contribution in [0.1, 0.15) is 16.2 Å². The van der Waals surface area contributed by atoms with Gasteiger partial charge in [0.1, 0.15) is 5.60 Å². The van der Waals surface area contributed by atoms with Crippen LogP contribution in [0.2, 0.25) is 0 Å². The lowest BCUT2D eigenvalue weighted by Crippen LogP contribution is -2.42. The van der Waals surface area contributed by atoms with Crippen molar-refractivity contribution >= 4 is 17.3 Å². The van der Waals surface area contributed by atoms with Gasteiger partial charge in [0, 0.05) is 43.0 Å². The number of methoxy groups -OCH3 is 1. The first-order chi connectivity index (χ1) is 9.13. The first kappa shape index (κ1) is 14.5. The molecule has 1 aromatic heterocycles. The van der Waals surface area contributed by atoms with Gasteiger partial charge in [-0.15, -0.1) is 11.3 Å². The fourth-order valence-corrected chi connectivity index (χ4v) is 3.11. The molecule has 0 aliphatic carbocycles. The minimum Gasteiger partial charge on any atom is -0.481 e. The molecule has 1 aromatic rings. The molecule has 0 saturated carbocycles. The Kier molecular flexibility index (Phi) is 4.93. The standard InChI is InChI=1S/C13H19NO4S/c1-17-13(4-5-18-9-13)8-14-7-11-3-2-10(19-11)6-12(15)16/h2-3,14H,4-9H2,1H3,(H,15,16). The Morgan fingerprint density at radius 1 is 1.58 bits per heavy atom. The quantitative estimate of drug-likeness (QED) is 0.789. The van der Waals surface area contributed by atoms with Crippen molar-refractivity contribution in [1.82, 2.24) is 5.32 Å². The third-order valence-electron chi connectivity index (χ3n) is 3.29. The molecule has 0 aromatic carbocycles. The zero-order valence-electron chi connectivity index (χ0n) is 11.0. The number of carboxylic acids is 1. The van der Waals surface area contributed by atoms with Crippen molar-refractivity contribution in [2.45, 2.75) is 25.0 Å². The molecule has 1 atom stereocenters. The highest BCUT2D eigenvalue weighted by atomic mass is 32.1. The topological polar surface area (TPSA) is 67.8 Å². The van der Waals surface area contributed by atoms with Gasteiger partial charge in [0.05, 0.1) is 13.0 Å². The Labute approximate surface area is 116 Å². The third-order valence-corrected chi connectivity index (χ3v) is 4.37. The first-order valence-corrected chi connectivity index (χ1v) is 7.08. The lowest BCUT2D eigenvalue weighted by Gasteiger charge is -2.25. The predicted octanol–water partition coefficient (Wildman–Crippen LogP) is 1.27. The van der Waals surface area contributed by atoms with Crippen molar-refractivity contribution < 1.29 is 19.4 Å². The van der Waals surface area contributed by atoms with Crippen LogP contribution < -0.4 is 5.32 Å². The van der Waals surface area contributed by atoms with Crippen LogP contribution in [-0.4, -0.2) is 43.5 Å². The Morgan fingerprint density at radius 2 is 2.37 bits per heavy atom. The summed E-state index contributed by atoms with van der Waals surface area (Å²) in [6.07, 6.45) is 1.01. The second-order valence-electron chi connectivity index (χ2n) is 4.73. The van der Waals surface area contributed by atoms with E-state index in [1.165, 1.54) is 11.3 Å². The summed E-state index contributed by atoms with van der Waals surface area (Å²) in [7, 11) is 1.71. The maximum atomic E-state index is 10.6. The molecule has 2 rings (SSSR count). The molecule has 2 N–H and O–H groups in total. The van der Waals surface area contributed by atoms with Gasteiger partial charge in [-0.25, -0.2) is 0 Å². The van der Waals surface area contributed by atoms with E-state index in [1.54, 1.807) is 7.11 Å². The van der Waals surface area contributed by atoms with Gasteiger partial charge in [-0.1, -0.05) is 0 Å². The number of carbonyl (C=O) groups is 1. The lowest BCUT2D eigenvalue weighted by molar-refractivity contribution is -0.136. The second kappa shape index (κ2) is 6.47. The molecule has 0 bridgehead atoms. The molecule has 1 saturated heterocycles. The van der Waals surface area contributed by atoms with Gasteiger partial charge in [-0.05, 0) is 12.1 Å². The molecular formula is C13H19NO4S. The number of carboxylic acid groups (broad SMARTS) is 1. The van der Waals surface area contributed by atoms with Crippen LogP contribution in [0.15, 0.2) is 12.1 Å². The van der Waals surface area contributed by atoms with Crippen molar-refractivity contribution in [2.75, 3.05) is 26.9 Å². The third kappa shape index (κ3) is 4.01. The largest absolute Gasteiger partial charge is 0.481 e. The average Bonchev–Trinajstić information content (AvgIpc) is 2.99. The van der Waals surface area contributed by atoms with Crippen molar-refractivity contribution in [3.63, 3.8) is 0 Å². The summed E-state index contributed by atoms with van der Waals surface area (Å²) in [6, 6.07) is 3.85. The van der Waals surface area contributed by atoms with E-state index < -0.39 is 5.97 Å². The first-order valence-electron chi connectivity index (χ1n) is 6.26. The summed E-state index contributed by atoms with van der Waals surface area (Å²) in [4.78, 5) is 12.6. The molecule has 0 spiro atoms. The van der Waals surface area contributed by atoms with Crippen LogP contribution >= 0.6 is 11.3 Å². The van der Waals surface area contributed by atoms with Gasteiger partial charge >= 0.3 is 5.97 Å². The van der Waals surface area contributed by atoms with E-state index >= 15 is 0 Å². The zero-order valence-corrected chi connectivity index (χ0v) is 11.8. The van der Waals surface area contributed by atoms with E-state index in [0.29, 0.717) is 6.61 Å². The normalized spacial score (nSPS) is 22.8. The number of aliphatic carboxylic acids is 1. The van der Waals surface area contributed by atoms with Crippen molar-refractivity contribution in [2.24, 2.45) is 0 Å². The number of nitrogens with one attached hydrogen (secondary N) is 1. The fraction of sp³-hybridized carbons (Fsp3) is 0.615. The molecule has 6 heteroatoms. The predicted molar refractivity (Wildman–Crippen MR) is 72.5 cm³/mol. The number of thiophene rings is 1. The van der Waals surface area contributed by atoms with Crippen LogP contribution in [0.25, 0.3) is 0 Å². The molecule has 1 fully saturated rings. The molecular weight excluding hydrogens is 266 g/mol. The maximum absolute atomic E-state index is 10.6. The summed E-state index contributed by atoms with van der Waals surface area (Å²) in [5, 5.41) is 12.1. The summed E-state index contributed by atoms with van der Waals surface area (Å²) in [5.74, 6) is -0.789. The van der Waals surface area contributed by atoms with Gasteiger partial charge < -0.3 is 19.9 Å². The van der Waals surface area contributed by atoms with Gasteiger partial charge in [0.2, 0.25) is 0 Å². The highest BCUT2D eigenvalue weighted by Gasteiger charge is 2.34. The molecule has 1 aliphatic rings. The summed E-state index contributed by atoms with van der Waals surface area (Å²) < 4.78 is 10.9. The summed E-state index contributed by atoms with van der Waals surface area (Å²) in [5.41, 5.74) is -0.207. The monoisotopic (exact) mass is 285 g/mol. The fourth-order valence-electron chi connectivity index (χ4n) is 2.14. The Bertz CT molecular complexity index is 426. The zero-order chi connectivity index (χ0) is 13.7. The van der Waals surface area contributed by atoms with Gasteiger partial charge in [-0.2, -0.15) is 0 Å². The van der Waals surface area contributed by atoms with Crippen molar-refractivity contribution in [3.8, 4) is 0 Å². The highest BCUT2D eigenvalue weighted by molar-refractivity contribution is 7.12. The van der Waals surface area contributed by atoms with E-state index in [-0.39, 0.29) is 12.0 Å². The van der Waals surface area contributed by atoms with Crippen LogP contribution in [0.5, 0.6) is 0 Å². The SMILES string of the molecule is COC1(CNCc2ccc(CC(=O)O)s2)CCOC1. The minimum atomic E-state index is -0.789. The van der Waals surface area contributed by atoms with E-state index in [9.17, 15) is 4.79 Å². The van der Waals surface area contributed by atoms with Gasteiger partial charge in [0.25, 0.3) is 0 Å². The highest BCUT2D eigenvalue weighted by Crippen LogP contribution is 2.22. The van der Waals surface area contributed by atoms with E-state index in [0.717, 1.165) is 35.9 Å². The van der Waals surface area contributed by atoms with Crippen LogP contribution in [-0.2, 0) is 27.2 Å². The summed E-state index contributed by atoms with van der Waals surface area (Å²) >= 11 is 1.53. The second-order valence-corrected chi connectivity index (χ2v) is 5.98. The minimum absolute atomic E-state index is 0.0977. The van der Waals surface area contributed by atoms with E-state index in [4.69, 9.17) is 14.6 Å². The molecule has 19 heavy (non-hydrogen) atoms. The summed E-state index contributed by atoms with van der Waals surface area (Å²) in [6.45, 7) is 2.85. The number of rotatable bonds is 7. The molecule has 0 radical (unpaired) electrons. The number of hydrogen-bond donors (Lipinski definition) is 2. The van der Waals surface area contributed by atoms with Gasteiger partial charge in [0.15, 0.2) is 0 Å². The van der Waals surface area contributed by atoms with Crippen molar-refractivity contribution in [3.05, 3.63) is 21.9 Å². The smallest absolute Gasteiger partial charge is 0.308 e. The van der Waals surface area contributed by atoms with Crippen molar-refractivity contribution in [1.29, 1.82) is 0 Å². The van der Waals surface area contributed by atoms with E-state index in [2.05, 4.69) is 5.32 Å². The maximum Gasteiger partial charge on any atom is 0.308 e.